The Balaban J connectivity index is 0.00000302. The summed E-state index contributed by atoms with van der Waals surface area (Å²) in [5.41, 5.74) is 14.3. The Morgan fingerprint density at radius 2 is 1.15 bits per heavy atom. The molecule has 0 aliphatic heterocycles. The molecule has 0 aromatic heterocycles. The molecule has 5 heteroatoms. The van der Waals surface area contributed by atoms with Gasteiger partial charge in [-0.15, -0.1) is 24.8 Å². The van der Waals surface area contributed by atoms with Crippen molar-refractivity contribution in [1.82, 2.24) is 0 Å². The number of fused-ring (bicyclic) bond motifs is 3. The van der Waals surface area contributed by atoms with Gasteiger partial charge in [-0.1, -0.05) is 0 Å². The van der Waals surface area contributed by atoms with E-state index in [1.54, 1.807) is 12.1 Å². The maximum atomic E-state index is 6.52. The van der Waals surface area contributed by atoms with Crippen LogP contribution in [0.1, 0.15) is 116 Å². The number of benzene rings is 4. The van der Waals surface area contributed by atoms with Crippen LogP contribution in [0.2, 0.25) is 10.0 Å². The van der Waals surface area contributed by atoms with Gasteiger partial charge < -0.3 is 0 Å². The molecule has 4 aromatic rings. The van der Waals surface area contributed by atoms with Gasteiger partial charge in [0.25, 0.3) is 0 Å². The first kappa shape index (κ1) is 42.9. The van der Waals surface area contributed by atoms with E-state index >= 15 is 0 Å². The molecule has 0 fully saturated rings. The van der Waals surface area contributed by atoms with Crippen LogP contribution in [-0.2, 0) is 36.5 Å². The van der Waals surface area contributed by atoms with Crippen molar-refractivity contribution >= 4 is 58.7 Å². The Kier molecular flexibility index (Phi) is 13.0. The molecular weight excluding hydrogens is 798 g/mol. The molecule has 6 rings (SSSR count). The molecule has 0 nitrogen and oxygen atoms in total. The average Bonchev–Trinajstić information content (AvgIpc) is 3.59. The van der Waals surface area contributed by atoms with E-state index in [0.29, 0.717) is 5.92 Å². The zero-order valence-corrected chi connectivity index (χ0v) is 38.4. The van der Waals surface area contributed by atoms with Crippen LogP contribution in [0, 0.1) is 11.3 Å². The zero-order valence-electron chi connectivity index (χ0n) is 32.8. The molecule has 52 heavy (non-hydrogen) atoms. The van der Waals surface area contributed by atoms with Gasteiger partial charge in [0.1, 0.15) is 0 Å². The predicted octanol–water partition coefficient (Wildman–Crippen LogP) is 13.8. The van der Waals surface area contributed by atoms with Gasteiger partial charge in [-0.25, -0.2) is 0 Å². The summed E-state index contributed by atoms with van der Waals surface area (Å²) in [5.74, 6) is 0.326. The second-order valence-electron chi connectivity index (χ2n) is 17.7. The Hall–Kier alpha value is -1.86. The Labute approximate surface area is 340 Å². The van der Waals surface area contributed by atoms with Gasteiger partial charge in [-0.05, 0) is 0 Å². The molecule has 0 amide bonds. The largest absolute Gasteiger partial charge is 0.147 e. The topological polar surface area (TPSA) is 0 Å². The maximum Gasteiger partial charge on any atom is -0.147 e. The van der Waals surface area contributed by atoms with Gasteiger partial charge >= 0.3 is 318 Å². The van der Waals surface area contributed by atoms with Gasteiger partial charge in [0.15, 0.2) is 0 Å². The first-order valence-electron chi connectivity index (χ1n) is 18.3. The molecule has 0 radical (unpaired) electrons. The zero-order chi connectivity index (χ0) is 36.4. The maximum absolute atomic E-state index is 6.52. The van der Waals surface area contributed by atoms with Crippen molar-refractivity contribution in [3.05, 3.63) is 143 Å². The van der Waals surface area contributed by atoms with Crippen LogP contribution in [0.25, 0.3) is 11.1 Å². The van der Waals surface area contributed by atoms with Crippen molar-refractivity contribution in [2.75, 3.05) is 0 Å². The molecule has 276 valence electrons. The van der Waals surface area contributed by atoms with Gasteiger partial charge in [0.2, 0.25) is 0 Å². The normalized spacial score (nSPS) is 15.4. The molecule has 4 aromatic carbocycles. The molecule has 1 atom stereocenters. The molecule has 0 bridgehead atoms. The minimum Gasteiger partial charge on any atom is -0.147 e. The van der Waals surface area contributed by atoms with E-state index in [2.05, 4.69) is 169 Å². The molecule has 0 saturated carbocycles. The fourth-order valence-electron chi connectivity index (χ4n) is 8.25. The summed E-state index contributed by atoms with van der Waals surface area (Å²) in [6.07, 6.45) is 4.57. The van der Waals surface area contributed by atoms with Crippen molar-refractivity contribution in [2.24, 2.45) is 11.3 Å². The number of hydrogen-bond acceptors (Lipinski definition) is 0. The van der Waals surface area contributed by atoms with E-state index in [1.807, 2.05) is 0 Å². The quantitative estimate of drug-likeness (QED) is 0.165. The summed E-state index contributed by atoms with van der Waals surface area (Å²) in [5, 5.41) is 1.54. The Bertz CT molecular complexity index is 2090. The van der Waals surface area contributed by atoms with E-state index in [9.17, 15) is 0 Å². The summed E-state index contributed by atoms with van der Waals surface area (Å²) in [4.78, 5) is 0. The second kappa shape index (κ2) is 15.7. The van der Waals surface area contributed by atoms with Crippen LogP contribution in [0.15, 0.2) is 99.4 Å². The van der Waals surface area contributed by atoms with Crippen LogP contribution in [-0.4, -0.2) is 7.42 Å². The van der Waals surface area contributed by atoms with Crippen LogP contribution < -0.4 is 3.27 Å². The Morgan fingerprint density at radius 3 is 1.62 bits per heavy atom. The molecule has 2 aliphatic rings. The third-order valence-electron chi connectivity index (χ3n) is 10.9. The first-order valence-corrected chi connectivity index (χ1v) is 24.4. The third-order valence-corrected chi connectivity index (χ3v) is 22.6. The monoisotopic (exact) mass is 850 g/mol. The Morgan fingerprint density at radius 1 is 0.654 bits per heavy atom. The third kappa shape index (κ3) is 8.36. The average molecular weight is 854 g/mol. The van der Waals surface area contributed by atoms with E-state index < -0.39 is 19.3 Å². The van der Waals surface area contributed by atoms with Gasteiger partial charge in [-0.3, -0.25) is 0 Å². The van der Waals surface area contributed by atoms with E-state index in [-0.39, 0.29) is 41.1 Å². The van der Waals surface area contributed by atoms with E-state index in [0.717, 1.165) is 22.9 Å². The van der Waals surface area contributed by atoms with Crippen molar-refractivity contribution < 1.29 is 19.3 Å². The molecule has 0 heterocycles. The SMILES string of the molecule is CCC1=[C]([Zr](=[CH]c2ccc(Cl)cc2)(=[CH]c2ccc(Cl)cc2)[c]2cc(C(C)(C)C)cc3c2Cc2ccc(C(C)(C)C)cc2-3)C(C)C=C1C(C)(C)C.Cl.Cl. The van der Waals surface area contributed by atoms with Crippen LogP contribution >= 0.6 is 48.0 Å². The predicted molar refractivity (Wildman–Crippen MR) is 233 cm³/mol. The molecule has 2 aliphatic carbocycles. The fraction of sp³-hybridized carbons (Fsp3) is 0.362. The number of hydrogen-bond donors (Lipinski definition) is 0. The van der Waals surface area contributed by atoms with Crippen LogP contribution in [0.3, 0.4) is 0 Å². The minimum atomic E-state index is -4.07. The van der Waals surface area contributed by atoms with Crippen molar-refractivity contribution in [3.8, 4) is 11.1 Å². The number of rotatable bonds is 5. The van der Waals surface area contributed by atoms with Crippen molar-refractivity contribution in [1.29, 1.82) is 0 Å². The second-order valence-corrected chi connectivity index (χ2v) is 26.9. The van der Waals surface area contributed by atoms with Crippen molar-refractivity contribution in [2.45, 2.75) is 99.8 Å². The molecule has 0 N–H and O–H groups in total. The molecule has 0 spiro atoms. The summed E-state index contributed by atoms with van der Waals surface area (Å²) in [6, 6.07) is 29.6. The number of allylic oxidation sites excluding steroid dienone is 4. The van der Waals surface area contributed by atoms with Gasteiger partial charge in [0.05, 0.1) is 0 Å². The minimum absolute atomic E-state index is 0. The smallest absolute Gasteiger partial charge is 0.147 e. The summed E-state index contributed by atoms with van der Waals surface area (Å²) in [7, 11) is 0. The number of halogens is 4. The standard InChI is InChI=1S/C21H25.C12H19.2C7H5Cl.2ClH.Zr/c1-20(2,3)16-9-7-14-11-15-8-10-17(21(4,5)6)13-19(15)18(14)12-16;1-6-10-7-9(2)8-11(10)12(3,4)5;2*1-6-2-4-7(8)5-3-6;;;/h7,9-10,12-13H,11H2,1-6H3;8-9H,6H2,1-5H3;2*1-5H;2*1H;. The summed E-state index contributed by atoms with van der Waals surface area (Å²) >= 11 is 8.96. The van der Waals surface area contributed by atoms with E-state index in [1.165, 1.54) is 50.1 Å². The van der Waals surface area contributed by atoms with Crippen LogP contribution in [0.5, 0.6) is 0 Å². The van der Waals surface area contributed by atoms with Gasteiger partial charge in [0, 0.05) is 0 Å². The van der Waals surface area contributed by atoms with E-state index in [4.69, 9.17) is 23.2 Å². The van der Waals surface area contributed by atoms with Crippen LogP contribution in [0.4, 0.5) is 0 Å². The fourth-order valence-corrected chi connectivity index (χ4v) is 21.3. The first-order chi connectivity index (χ1) is 23.3. The summed E-state index contributed by atoms with van der Waals surface area (Å²) < 4.78 is 8.74. The molecular formula is C47H56Cl4Zr. The molecule has 0 saturated heterocycles. The van der Waals surface area contributed by atoms with Gasteiger partial charge in [-0.2, -0.15) is 0 Å². The van der Waals surface area contributed by atoms with Crippen molar-refractivity contribution in [3.63, 3.8) is 0 Å². The summed E-state index contributed by atoms with van der Waals surface area (Å²) in [6.45, 7) is 26.1. The molecule has 1 unspecified atom stereocenters.